The van der Waals surface area contributed by atoms with Crippen molar-refractivity contribution >= 4 is 50.2 Å². The lowest BCUT2D eigenvalue weighted by atomic mass is 10.0. The van der Waals surface area contributed by atoms with Gasteiger partial charge in [-0.3, -0.25) is 4.79 Å². The zero-order chi connectivity index (χ0) is 14.1. The molecule has 104 valence electrons. The Labute approximate surface area is 129 Å². The van der Waals surface area contributed by atoms with E-state index in [0.29, 0.717) is 13.0 Å². The number of thiophene rings is 1. The smallest absolute Gasteiger partial charge is 0.224 e. The number of nitrogen functional groups attached to an aromatic ring is 1. The molecule has 2 heterocycles. The van der Waals surface area contributed by atoms with Crippen molar-refractivity contribution in [1.29, 1.82) is 0 Å². The van der Waals surface area contributed by atoms with Gasteiger partial charge < -0.3 is 16.4 Å². The Morgan fingerprint density at radius 1 is 1.35 bits per heavy atom. The summed E-state index contributed by atoms with van der Waals surface area (Å²) in [4.78, 5) is 12.7. The lowest BCUT2D eigenvalue weighted by molar-refractivity contribution is -0.116. The quantitative estimate of drug-likeness (QED) is 0.740. The van der Waals surface area contributed by atoms with E-state index in [-0.39, 0.29) is 5.91 Å². The fourth-order valence-electron chi connectivity index (χ4n) is 2.23. The largest absolute Gasteiger partial charge is 0.397 e. The van der Waals surface area contributed by atoms with Gasteiger partial charge in [0.2, 0.25) is 5.91 Å². The standard InChI is InChI=1S/C14H14BrN3OS/c15-9-4-10(20-7-9)6-17-13-5-12-8(3-11(13)16)1-2-14(19)18-12/h3-5,7,17H,1-2,6,16H2,(H,18,19). The molecule has 0 aliphatic carbocycles. The maximum Gasteiger partial charge on any atom is 0.224 e. The molecule has 1 aromatic heterocycles. The molecule has 4 N–H and O–H groups in total. The Morgan fingerprint density at radius 3 is 2.95 bits per heavy atom. The Morgan fingerprint density at radius 2 is 2.20 bits per heavy atom. The SMILES string of the molecule is Nc1cc2c(cc1NCc1cc(Br)cs1)NC(=O)CC2. The Hall–Kier alpha value is -1.53. The van der Waals surface area contributed by atoms with Crippen molar-refractivity contribution in [1.82, 2.24) is 0 Å². The summed E-state index contributed by atoms with van der Waals surface area (Å²) < 4.78 is 1.09. The van der Waals surface area contributed by atoms with Gasteiger partial charge in [0, 0.05) is 33.4 Å². The number of rotatable bonds is 3. The van der Waals surface area contributed by atoms with Crippen LogP contribution in [0.15, 0.2) is 28.1 Å². The van der Waals surface area contributed by atoms with Crippen molar-refractivity contribution < 1.29 is 4.79 Å². The number of nitrogens with two attached hydrogens (primary N) is 1. The molecule has 0 radical (unpaired) electrons. The number of carbonyl (C=O) groups is 1. The van der Waals surface area contributed by atoms with Crippen LogP contribution in [0.25, 0.3) is 0 Å². The number of halogens is 1. The highest BCUT2D eigenvalue weighted by molar-refractivity contribution is 9.10. The van der Waals surface area contributed by atoms with Crippen LogP contribution in [0.2, 0.25) is 0 Å². The monoisotopic (exact) mass is 351 g/mol. The van der Waals surface area contributed by atoms with Crippen LogP contribution in [0.5, 0.6) is 0 Å². The maximum atomic E-state index is 11.4. The van der Waals surface area contributed by atoms with E-state index in [0.717, 1.165) is 33.5 Å². The van der Waals surface area contributed by atoms with E-state index in [9.17, 15) is 4.79 Å². The first kappa shape index (κ1) is 13.5. The van der Waals surface area contributed by atoms with Crippen molar-refractivity contribution in [3.63, 3.8) is 0 Å². The summed E-state index contributed by atoms with van der Waals surface area (Å²) in [5.41, 5.74) is 9.61. The van der Waals surface area contributed by atoms with Gasteiger partial charge in [-0.05, 0) is 46.1 Å². The van der Waals surface area contributed by atoms with Crippen LogP contribution in [0.1, 0.15) is 16.9 Å². The fraction of sp³-hybridized carbons (Fsp3) is 0.214. The predicted molar refractivity (Wildman–Crippen MR) is 87.2 cm³/mol. The summed E-state index contributed by atoms with van der Waals surface area (Å²) in [6.45, 7) is 0.715. The van der Waals surface area contributed by atoms with Gasteiger partial charge in [0.05, 0.1) is 11.4 Å². The normalized spacial score (nSPS) is 13.8. The van der Waals surface area contributed by atoms with Crippen LogP contribution in [0.3, 0.4) is 0 Å². The van der Waals surface area contributed by atoms with E-state index in [1.165, 1.54) is 4.88 Å². The van der Waals surface area contributed by atoms with E-state index in [2.05, 4.69) is 32.6 Å². The highest BCUT2D eigenvalue weighted by Crippen LogP contribution is 2.31. The number of hydrogen-bond donors (Lipinski definition) is 3. The minimum absolute atomic E-state index is 0.0652. The topological polar surface area (TPSA) is 67.2 Å². The first-order valence-electron chi connectivity index (χ1n) is 6.31. The summed E-state index contributed by atoms with van der Waals surface area (Å²) in [5.74, 6) is 0.0652. The molecule has 1 aliphatic heterocycles. The number of aryl methyl sites for hydroxylation is 1. The highest BCUT2D eigenvalue weighted by Gasteiger charge is 2.16. The molecule has 0 fully saturated rings. The van der Waals surface area contributed by atoms with Gasteiger partial charge in [-0.2, -0.15) is 0 Å². The molecule has 4 nitrogen and oxygen atoms in total. The predicted octanol–water partition coefficient (Wildman–Crippen LogP) is 3.59. The zero-order valence-corrected chi connectivity index (χ0v) is 13.1. The second-order valence-electron chi connectivity index (χ2n) is 4.73. The van der Waals surface area contributed by atoms with E-state index in [1.54, 1.807) is 11.3 Å². The second-order valence-corrected chi connectivity index (χ2v) is 6.64. The van der Waals surface area contributed by atoms with E-state index in [1.807, 2.05) is 17.5 Å². The minimum atomic E-state index is 0.0652. The summed E-state index contributed by atoms with van der Waals surface area (Å²) in [5, 5.41) is 8.26. The van der Waals surface area contributed by atoms with Crippen LogP contribution >= 0.6 is 27.3 Å². The van der Waals surface area contributed by atoms with Crippen LogP contribution in [0.4, 0.5) is 17.1 Å². The van der Waals surface area contributed by atoms with Crippen LogP contribution in [0, 0.1) is 0 Å². The third kappa shape index (κ3) is 2.81. The molecule has 1 amide bonds. The van der Waals surface area contributed by atoms with Gasteiger partial charge in [0.25, 0.3) is 0 Å². The van der Waals surface area contributed by atoms with Crippen LogP contribution < -0.4 is 16.4 Å². The molecular formula is C14H14BrN3OS. The Kier molecular flexibility index (Phi) is 3.67. The number of amides is 1. The molecule has 2 aromatic rings. The van der Waals surface area contributed by atoms with Gasteiger partial charge in [-0.15, -0.1) is 11.3 Å². The third-order valence-corrected chi connectivity index (χ3v) is 4.94. The van der Waals surface area contributed by atoms with E-state index >= 15 is 0 Å². The van der Waals surface area contributed by atoms with Crippen LogP contribution in [-0.2, 0) is 17.8 Å². The van der Waals surface area contributed by atoms with Gasteiger partial charge in [0.1, 0.15) is 0 Å². The zero-order valence-electron chi connectivity index (χ0n) is 10.7. The van der Waals surface area contributed by atoms with Gasteiger partial charge in [0.15, 0.2) is 0 Å². The van der Waals surface area contributed by atoms with Crippen LogP contribution in [-0.4, -0.2) is 5.91 Å². The Balaban J connectivity index is 1.79. The summed E-state index contributed by atoms with van der Waals surface area (Å²) in [6, 6.07) is 5.94. The van der Waals surface area contributed by atoms with E-state index in [4.69, 9.17) is 5.73 Å². The molecule has 0 atom stereocenters. The fourth-order valence-corrected chi connectivity index (χ4v) is 3.62. The molecule has 0 saturated carbocycles. The number of nitrogens with one attached hydrogen (secondary N) is 2. The lowest BCUT2D eigenvalue weighted by Crippen LogP contribution is -2.19. The summed E-state index contributed by atoms with van der Waals surface area (Å²) >= 11 is 5.12. The molecule has 0 unspecified atom stereocenters. The molecule has 1 aliphatic rings. The molecular weight excluding hydrogens is 338 g/mol. The molecule has 3 rings (SSSR count). The number of anilines is 3. The number of fused-ring (bicyclic) bond motifs is 1. The number of hydrogen-bond acceptors (Lipinski definition) is 4. The maximum absolute atomic E-state index is 11.4. The first-order valence-corrected chi connectivity index (χ1v) is 7.98. The lowest BCUT2D eigenvalue weighted by Gasteiger charge is -2.19. The average Bonchev–Trinajstić information content (AvgIpc) is 2.83. The molecule has 0 saturated heterocycles. The third-order valence-electron chi connectivity index (χ3n) is 3.25. The summed E-state index contributed by atoms with van der Waals surface area (Å²) in [7, 11) is 0. The minimum Gasteiger partial charge on any atom is -0.397 e. The second kappa shape index (κ2) is 5.46. The van der Waals surface area contributed by atoms with Crippen molar-refractivity contribution in [3.05, 3.63) is 38.5 Å². The van der Waals surface area contributed by atoms with Crippen molar-refractivity contribution in [2.75, 3.05) is 16.4 Å². The first-order chi connectivity index (χ1) is 9.61. The molecule has 0 spiro atoms. The molecule has 0 bridgehead atoms. The number of carbonyl (C=O) groups excluding carboxylic acids is 1. The Bertz CT molecular complexity index is 668. The highest BCUT2D eigenvalue weighted by atomic mass is 79.9. The molecule has 20 heavy (non-hydrogen) atoms. The van der Waals surface area contributed by atoms with E-state index < -0.39 is 0 Å². The van der Waals surface area contributed by atoms with Crippen molar-refractivity contribution in [2.24, 2.45) is 0 Å². The van der Waals surface area contributed by atoms with Gasteiger partial charge in [-0.1, -0.05) is 0 Å². The van der Waals surface area contributed by atoms with Gasteiger partial charge in [-0.25, -0.2) is 0 Å². The number of benzene rings is 1. The average molecular weight is 352 g/mol. The molecule has 6 heteroatoms. The molecule has 1 aromatic carbocycles. The van der Waals surface area contributed by atoms with Crippen molar-refractivity contribution in [3.8, 4) is 0 Å². The summed E-state index contributed by atoms with van der Waals surface area (Å²) in [6.07, 6.45) is 1.28. The van der Waals surface area contributed by atoms with Crippen molar-refractivity contribution in [2.45, 2.75) is 19.4 Å². The van der Waals surface area contributed by atoms with Gasteiger partial charge >= 0.3 is 0 Å².